The van der Waals surface area contributed by atoms with Crippen LogP contribution in [0.5, 0.6) is 0 Å². The van der Waals surface area contributed by atoms with E-state index in [1.54, 1.807) is 0 Å². The van der Waals surface area contributed by atoms with Crippen LogP contribution in [0.15, 0.2) is 29.2 Å². The summed E-state index contributed by atoms with van der Waals surface area (Å²) in [6, 6.07) is 7.96. The summed E-state index contributed by atoms with van der Waals surface area (Å²) in [7, 11) is 0. The van der Waals surface area contributed by atoms with Gasteiger partial charge < -0.3 is 11.1 Å². The maximum absolute atomic E-state index is 11.6. The van der Waals surface area contributed by atoms with Crippen LogP contribution in [0, 0.1) is 12.3 Å². The van der Waals surface area contributed by atoms with Crippen LogP contribution in [0.3, 0.4) is 0 Å². The highest BCUT2D eigenvalue weighted by Gasteiger charge is 2.13. The van der Waals surface area contributed by atoms with Crippen LogP contribution in [-0.2, 0) is 4.79 Å². The molecule has 0 saturated carbocycles. The summed E-state index contributed by atoms with van der Waals surface area (Å²) in [6.07, 6.45) is 5.09. The van der Waals surface area contributed by atoms with Gasteiger partial charge >= 0.3 is 0 Å². The van der Waals surface area contributed by atoms with Crippen LogP contribution in [0.2, 0.25) is 0 Å². The summed E-state index contributed by atoms with van der Waals surface area (Å²) in [6.45, 7) is 4.07. The number of hydrogen-bond acceptors (Lipinski definition) is 3. The van der Waals surface area contributed by atoms with Gasteiger partial charge in [0.15, 0.2) is 0 Å². The van der Waals surface area contributed by atoms with E-state index in [9.17, 15) is 4.79 Å². The fourth-order valence-electron chi connectivity index (χ4n) is 1.39. The molecule has 0 heterocycles. The van der Waals surface area contributed by atoms with Gasteiger partial charge in [0, 0.05) is 10.9 Å². The zero-order chi connectivity index (χ0) is 13.5. The normalized spacial score (nSPS) is 13.4. The first kappa shape index (κ1) is 14.6. The highest BCUT2D eigenvalue weighted by Crippen LogP contribution is 2.24. The molecule has 4 heteroatoms. The highest BCUT2D eigenvalue weighted by atomic mass is 32.2. The lowest BCUT2D eigenvalue weighted by Crippen LogP contribution is -2.31. The van der Waals surface area contributed by atoms with Crippen molar-refractivity contribution in [2.75, 3.05) is 6.54 Å². The zero-order valence-corrected chi connectivity index (χ0v) is 11.5. The van der Waals surface area contributed by atoms with Gasteiger partial charge in [-0.15, -0.1) is 18.2 Å². The lowest BCUT2D eigenvalue weighted by atomic mass is 10.1. The third-order valence-corrected chi connectivity index (χ3v) is 3.56. The van der Waals surface area contributed by atoms with E-state index in [0.29, 0.717) is 0 Å². The van der Waals surface area contributed by atoms with Crippen LogP contribution in [0.1, 0.15) is 25.5 Å². The summed E-state index contributed by atoms with van der Waals surface area (Å²) in [5, 5.41) is 2.50. The topological polar surface area (TPSA) is 55.1 Å². The number of rotatable bonds is 5. The maximum atomic E-state index is 11.6. The molecule has 1 amide bonds. The zero-order valence-electron chi connectivity index (χ0n) is 10.6. The van der Waals surface area contributed by atoms with Gasteiger partial charge in [0.05, 0.1) is 11.8 Å². The largest absolute Gasteiger partial charge is 0.344 e. The van der Waals surface area contributed by atoms with Crippen molar-refractivity contribution in [3.8, 4) is 12.3 Å². The second kappa shape index (κ2) is 7.10. The molecule has 2 atom stereocenters. The molecule has 2 unspecified atom stereocenters. The number of hydrogen-bond donors (Lipinski definition) is 2. The number of terminal acetylenes is 1. The van der Waals surface area contributed by atoms with Crippen LogP contribution >= 0.6 is 11.8 Å². The lowest BCUT2D eigenvalue weighted by Gasteiger charge is -2.11. The van der Waals surface area contributed by atoms with Crippen LogP contribution < -0.4 is 11.1 Å². The monoisotopic (exact) mass is 262 g/mol. The molecule has 0 radical (unpaired) electrons. The number of nitrogens with one attached hydrogen (secondary N) is 1. The third kappa shape index (κ3) is 4.44. The summed E-state index contributed by atoms with van der Waals surface area (Å²) in [5.41, 5.74) is 6.87. The predicted molar refractivity (Wildman–Crippen MR) is 76.2 cm³/mol. The van der Waals surface area contributed by atoms with E-state index in [1.807, 2.05) is 38.1 Å². The van der Waals surface area contributed by atoms with Crippen LogP contribution in [0.25, 0.3) is 0 Å². The Kier molecular flexibility index (Phi) is 5.76. The molecule has 18 heavy (non-hydrogen) atoms. The molecule has 3 N–H and O–H groups in total. The fourth-order valence-corrected chi connectivity index (χ4v) is 2.28. The van der Waals surface area contributed by atoms with Crippen molar-refractivity contribution >= 4 is 17.7 Å². The van der Waals surface area contributed by atoms with Gasteiger partial charge in [0.1, 0.15) is 0 Å². The average molecular weight is 262 g/mol. The van der Waals surface area contributed by atoms with Gasteiger partial charge in [-0.25, -0.2) is 0 Å². The van der Waals surface area contributed by atoms with E-state index < -0.39 is 0 Å². The quantitative estimate of drug-likeness (QED) is 0.630. The highest BCUT2D eigenvalue weighted by molar-refractivity contribution is 8.00. The molecule has 1 aromatic rings. The van der Waals surface area contributed by atoms with Gasteiger partial charge in [-0.2, -0.15) is 0 Å². The smallest absolute Gasteiger partial charge is 0.233 e. The number of thioether (sulfide) groups is 1. The molecule has 96 valence electrons. The van der Waals surface area contributed by atoms with E-state index in [2.05, 4.69) is 11.2 Å². The molecule has 0 aromatic heterocycles. The van der Waals surface area contributed by atoms with Crippen molar-refractivity contribution < 1.29 is 4.79 Å². The number of carbonyl (C=O) groups is 1. The Labute approximate surface area is 113 Å². The number of nitrogens with two attached hydrogens (primary N) is 1. The van der Waals surface area contributed by atoms with Crippen LogP contribution in [0.4, 0.5) is 0 Å². The van der Waals surface area contributed by atoms with Crippen LogP contribution in [-0.4, -0.2) is 17.7 Å². The first-order chi connectivity index (χ1) is 8.54. The second-order valence-electron chi connectivity index (χ2n) is 4.04. The third-order valence-electron chi connectivity index (χ3n) is 2.45. The average Bonchev–Trinajstić information content (AvgIpc) is 2.36. The molecule has 0 saturated heterocycles. The summed E-state index contributed by atoms with van der Waals surface area (Å²) in [5.74, 6) is 2.34. The van der Waals surface area contributed by atoms with Gasteiger partial charge in [0.2, 0.25) is 5.91 Å². The van der Waals surface area contributed by atoms with Crippen molar-refractivity contribution in [2.45, 2.75) is 30.0 Å². The van der Waals surface area contributed by atoms with Crippen molar-refractivity contribution in [1.29, 1.82) is 0 Å². The minimum absolute atomic E-state index is 0.0281. The van der Waals surface area contributed by atoms with E-state index in [1.165, 1.54) is 11.8 Å². The Hall–Kier alpha value is -1.44. The molecule has 0 fully saturated rings. The molecular formula is C14H18N2OS. The molecule has 0 spiro atoms. The van der Waals surface area contributed by atoms with E-state index in [0.717, 1.165) is 10.5 Å². The molecule has 1 rings (SSSR count). The molecule has 0 aliphatic heterocycles. The fraction of sp³-hybridized carbons (Fsp3) is 0.357. The molecule has 3 nitrogen and oxygen atoms in total. The first-order valence-corrected chi connectivity index (χ1v) is 6.66. The second-order valence-corrected chi connectivity index (χ2v) is 5.45. The van der Waals surface area contributed by atoms with E-state index in [4.69, 9.17) is 12.2 Å². The molecule has 0 aliphatic carbocycles. The number of amides is 1. The Morgan fingerprint density at radius 1 is 1.44 bits per heavy atom. The molecular weight excluding hydrogens is 244 g/mol. The molecule has 1 aromatic carbocycles. The van der Waals surface area contributed by atoms with Gasteiger partial charge in [-0.1, -0.05) is 18.1 Å². The Bertz CT molecular complexity index is 434. The summed E-state index contributed by atoms with van der Waals surface area (Å²) >= 11 is 1.50. The van der Waals surface area contributed by atoms with Gasteiger partial charge in [-0.3, -0.25) is 4.79 Å². The minimum atomic E-state index is -0.167. The first-order valence-electron chi connectivity index (χ1n) is 5.78. The SMILES string of the molecule is C#CCNC(=O)C(C)Sc1ccc(C(C)N)cc1. The minimum Gasteiger partial charge on any atom is -0.344 e. The van der Waals surface area contributed by atoms with Crippen molar-refractivity contribution in [3.05, 3.63) is 29.8 Å². The standard InChI is InChI=1S/C14H18N2OS/c1-4-9-16-14(17)11(3)18-13-7-5-12(6-8-13)10(2)15/h1,5-8,10-11H,9,15H2,2-3H3,(H,16,17). The van der Waals surface area contributed by atoms with E-state index in [-0.39, 0.29) is 23.7 Å². The molecule has 0 aliphatic rings. The number of carbonyl (C=O) groups excluding carboxylic acids is 1. The Morgan fingerprint density at radius 2 is 2.06 bits per heavy atom. The maximum Gasteiger partial charge on any atom is 0.233 e. The van der Waals surface area contributed by atoms with Gasteiger partial charge in [0.25, 0.3) is 0 Å². The molecule has 0 bridgehead atoms. The van der Waals surface area contributed by atoms with Crippen molar-refractivity contribution in [2.24, 2.45) is 5.73 Å². The summed E-state index contributed by atoms with van der Waals surface area (Å²) in [4.78, 5) is 12.7. The Morgan fingerprint density at radius 3 is 2.56 bits per heavy atom. The predicted octanol–water partition coefficient (Wildman–Crippen LogP) is 1.94. The van der Waals surface area contributed by atoms with Gasteiger partial charge in [-0.05, 0) is 31.5 Å². The number of benzene rings is 1. The van der Waals surface area contributed by atoms with Crippen molar-refractivity contribution in [3.63, 3.8) is 0 Å². The lowest BCUT2D eigenvalue weighted by molar-refractivity contribution is -0.120. The van der Waals surface area contributed by atoms with Crippen molar-refractivity contribution in [1.82, 2.24) is 5.32 Å². The van der Waals surface area contributed by atoms with E-state index >= 15 is 0 Å². The summed E-state index contributed by atoms with van der Waals surface area (Å²) < 4.78 is 0. The Balaban J connectivity index is 2.57.